The van der Waals surface area contributed by atoms with Crippen LogP contribution in [0, 0.1) is 11.7 Å². The number of halogens is 1. The number of aliphatic carboxylic acids is 1. The van der Waals surface area contributed by atoms with E-state index in [4.69, 9.17) is 5.11 Å². The standard InChI is InChI=1S/C12H11FO4S/c1-7(12(14)15)4-10-6-8-5-9(13)2-3-11(8)18(10,16)17/h2-3,5-7H,4H2,1H3,(H,14,15). The molecule has 0 aromatic heterocycles. The van der Waals surface area contributed by atoms with E-state index in [-0.39, 0.29) is 21.8 Å². The molecule has 4 nitrogen and oxygen atoms in total. The summed E-state index contributed by atoms with van der Waals surface area (Å²) in [5.74, 6) is -2.38. The number of fused-ring (bicyclic) bond motifs is 1. The highest BCUT2D eigenvalue weighted by Gasteiger charge is 2.31. The van der Waals surface area contributed by atoms with Crippen LogP contribution in [-0.2, 0) is 14.6 Å². The quantitative estimate of drug-likeness (QED) is 0.853. The van der Waals surface area contributed by atoms with E-state index in [1.54, 1.807) is 0 Å². The van der Waals surface area contributed by atoms with Crippen molar-refractivity contribution in [3.63, 3.8) is 0 Å². The zero-order valence-corrected chi connectivity index (χ0v) is 10.4. The third-order valence-corrected chi connectivity index (χ3v) is 4.78. The minimum Gasteiger partial charge on any atom is -0.481 e. The van der Waals surface area contributed by atoms with E-state index < -0.39 is 27.5 Å². The van der Waals surface area contributed by atoms with Crippen LogP contribution in [0.1, 0.15) is 18.9 Å². The first kappa shape index (κ1) is 12.8. The molecule has 0 bridgehead atoms. The van der Waals surface area contributed by atoms with Crippen molar-refractivity contribution in [2.75, 3.05) is 0 Å². The lowest BCUT2D eigenvalue weighted by atomic mass is 10.1. The lowest BCUT2D eigenvalue weighted by Crippen LogP contribution is -2.12. The van der Waals surface area contributed by atoms with Crippen molar-refractivity contribution >= 4 is 21.9 Å². The molecule has 0 fully saturated rings. The van der Waals surface area contributed by atoms with Gasteiger partial charge >= 0.3 is 5.97 Å². The van der Waals surface area contributed by atoms with Gasteiger partial charge in [-0.3, -0.25) is 4.79 Å². The van der Waals surface area contributed by atoms with E-state index >= 15 is 0 Å². The fourth-order valence-corrected chi connectivity index (χ4v) is 3.54. The monoisotopic (exact) mass is 270 g/mol. The summed E-state index contributed by atoms with van der Waals surface area (Å²) in [4.78, 5) is 10.8. The molecule has 1 aromatic rings. The number of sulfone groups is 1. The van der Waals surface area contributed by atoms with E-state index in [2.05, 4.69) is 0 Å². The van der Waals surface area contributed by atoms with Gasteiger partial charge in [0.25, 0.3) is 0 Å². The summed E-state index contributed by atoms with van der Waals surface area (Å²) >= 11 is 0. The van der Waals surface area contributed by atoms with E-state index in [1.165, 1.54) is 19.1 Å². The number of carbonyl (C=O) groups is 1. The second-order valence-corrected chi connectivity index (χ2v) is 6.21. The molecule has 2 rings (SSSR count). The van der Waals surface area contributed by atoms with Gasteiger partial charge in [0.2, 0.25) is 9.84 Å². The first-order chi connectivity index (χ1) is 8.32. The Labute approximate surface area is 104 Å². The van der Waals surface area contributed by atoms with Crippen molar-refractivity contribution in [2.45, 2.75) is 18.2 Å². The highest BCUT2D eigenvalue weighted by Crippen LogP contribution is 2.36. The lowest BCUT2D eigenvalue weighted by Gasteiger charge is -2.07. The number of benzene rings is 1. The Balaban J connectivity index is 2.42. The van der Waals surface area contributed by atoms with Crippen LogP contribution in [0.4, 0.5) is 4.39 Å². The summed E-state index contributed by atoms with van der Waals surface area (Å²) in [6.45, 7) is 1.43. The molecule has 0 saturated heterocycles. The molecule has 0 amide bonds. The third-order valence-electron chi connectivity index (χ3n) is 2.85. The van der Waals surface area contributed by atoms with Crippen molar-refractivity contribution in [3.05, 3.63) is 34.5 Å². The molecule has 1 N–H and O–H groups in total. The van der Waals surface area contributed by atoms with Crippen LogP contribution >= 0.6 is 0 Å². The molecule has 0 aliphatic carbocycles. The fraction of sp³-hybridized carbons (Fsp3) is 0.250. The van der Waals surface area contributed by atoms with Crippen LogP contribution in [0.25, 0.3) is 6.08 Å². The molecule has 0 radical (unpaired) electrons. The number of hydrogen-bond donors (Lipinski definition) is 1. The summed E-state index contributed by atoms with van der Waals surface area (Å²) in [6, 6.07) is 3.41. The number of hydrogen-bond acceptors (Lipinski definition) is 3. The molecule has 1 unspecified atom stereocenters. The Morgan fingerprint density at radius 3 is 2.72 bits per heavy atom. The van der Waals surface area contributed by atoms with Gasteiger partial charge in [-0.1, -0.05) is 6.92 Å². The summed E-state index contributed by atoms with van der Waals surface area (Å²) in [5, 5.41) is 8.79. The van der Waals surface area contributed by atoms with Gasteiger partial charge < -0.3 is 5.11 Å². The van der Waals surface area contributed by atoms with E-state index in [1.807, 2.05) is 0 Å². The molecule has 1 heterocycles. The molecule has 0 spiro atoms. The summed E-state index contributed by atoms with van der Waals surface area (Å²) in [5.41, 5.74) is 0.280. The van der Waals surface area contributed by atoms with Crippen LogP contribution in [0.2, 0.25) is 0 Å². The molecular weight excluding hydrogens is 259 g/mol. The zero-order chi connectivity index (χ0) is 13.5. The van der Waals surface area contributed by atoms with Gasteiger partial charge in [-0.15, -0.1) is 0 Å². The average molecular weight is 270 g/mol. The molecule has 1 aromatic carbocycles. The highest BCUT2D eigenvalue weighted by atomic mass is 32.2. The Kier molecular flexibility index (Phi) is 2.98. The summed E-state index contributed by atoms with van der Waals surface area (Å²) in [6.07, 6.45) is 1.25. The fourth-order valence-electron chi connectivity index (χ4n) is 1.83. The van der Waals surface area contributed by atoms with Gasteiger partial charge in [-0.05, 0) is 36.3 Å². The maximum absolute atomic E-state index is 13.0. The van der Waals surface area contributed by atoms with E-state index in [0.717, 1.165) is 12.1 Å². The van der Waals surface area contributed by atoms with Crippen molar-refractivity contribution in [1.29, 1.82) is 0 Å². The second-order valence-electron chi connectivity index (χ2n) is 4.24. The second kappa shape index (κ2) is 4.20. The van der Waals surface area contributed by atoms with Gasteiger partial charge in [0.05, 0.1) is 15.7 Å². The molecule has 6 heteroatoms. The third kappa shape index (κ3) is 2.03. The van der Waals surface area contributed by atoms with Crippen LogP contribution in [0.5, 0.6) is 0 Å². The largest absolute Gasteiger partial charge is 0.481 e. The van der Waals surface area contributed by atoms with Gasteiger partial charge in [0, 0.05) is 0 Å². The first-order valence-corrected chi connectivity index (χ1v) is 6.78. The van der Waals surface area contributed by atoms with Crippen molar-refractivity contribution < 1.29 is 22.7 Å². The molecule has 0 saturated carbocycles. The predicted octanol–water partition coefficient (Wildman–Crippen LogP) is 2.06. The maximum Gasteiger partial charge on any atom is 0.306 e. The highest BCUT2D eigenvalue weighted by molar-refractivity contribution is 7.95. The predicted molar refractivity (Wildman–Crippen MR) is 63.0 cm³/mol. The van der Waals surface area contributed by atoms with E-state index in [9.17, 15) is 17.6 Å². The first-order valence-electron chi connectivity index (χ1n) is 5.30. The van der Waals surface area contributed by atoms with Crippen molar-refractivity contribution in [1.82, 2.24) is 0 Å². The number of allylic oxidation sites excluding steroid dienone is 1. The minimum atomic E-state index is -3.66. The Hall–Kier alpha value is -1.69. The normalized spacial score (nSPS) is 18.0. The Bertz CT molecular complexity index is 646. The lowest BCUT2D eigenvalue weighted by molar-refractivity contribution is -0.141. The molecule has 18 heavy (non-hydrogen) atoms. The minimum absolute atomic E-state index is 0.0259. The Morgan fingerprint density at radius 2 is 2.11 bits per heavy atom. The van der Waals surface area contributed by atoms with Crippen LogP contribution < -0.4 is 0 Å². The van der Waals surface area contributed by atoms with Gasteiger partial charge in [0.15, 0.2) is 0 Å². The summed E-state index contributed by atoms with van der Waals surface area (Å²) in [7, 11) is -3.66. The molecule has 1 aliphatic heterocycles. The molecule has 1 atom stereocenters. The van der Waals surface area contributed by atoms with Crippen LogP contribution in [0.15, 0.2) is 28.0 Å². The average Bonchev–Trinajstić information content (AvgIpc) is 2.50. The smallest absolute Gasteiger partial charge is 0.306 e. The SMILES string of the molecule is CC(CC1=Cc2cc(F)ccc2S1(=O)=O)C(=O)O. The van der Waals surface area contributed by atoms with Gasteiger partial charge in [-0.2, -0.15) is 0 Å². The molecule has 1 aliphatic rings. The number of carboxylic acids is 1. The van der Waals surface area contributed by atoms with E-state index in [0.29, 0.717) is 0 Å². The molecular formula is C12H11FO4S. The van der Waals surface area contributed by atoms with Gasteiger partial charge in [-0.25, -0.2) is 12.8 Å². The van der Waals surface area contributed by atoms with Crippen molar-refractivity contribution in [2.24, 2.45) is 5.92 Å². The van der Waals surface area contributed by atoms with Crippen LogP contribution in [-0.4, -0.2) is 19.5 Å². The van der Waals surface area contributed by atoms with Crippen LogP contribution in [0.3, 0.4) is 0 Å². The molecule has 96 valence electrons. The number of carboxylic acid groups (broad SMARTS) is 1. The van der Waals surface area contributed by atoms with Gasteiger partial charge in [0.1, 0.15) is 5.82 Å². The zero-order valence-electron chi connectivity index (χ0n) is 9.55. The van der Waals surface area contributed by atoms with Crippen molar-refractivity contribution in [3.8, 4) is 0 Å². The maximum atomic E-state index is 13.0. The Morgan fingerprint density at radius 1 is 1.44 bits per heavy atom. The summed E-state index contributed by atoms with van der Waals surface area (Å²) < 4.78 is 37.2. The topological polar surface area (TPSA) is 71.4 Å². The number of rotatable bonds is 3.